The quantitative estimate of drug-likeness (QED) is 0.224. The fourth-order valence-corrected chi connectivity index (χ4v) is 5.28. The number of nitrogens with two attached hydrogens (primary N) is 1. The number of ketones is 1. The summed E-state index contributed by atoms with van der Waals surface area (Å²) in [5.74, 6) is 0.198. The second-order valence-electron chi connectivity index (χ2n) is 12.4. The number of urea groups is 1. The Labute approximate surface area is 222 Å². The lowest BCUT2D eigenvalue weighted by molar-refractivity contribution is -0.133. The Kier molecular flexibility index (Phi) is 10.6. The second kappa shape index (κ2) is 12.8. The van der Waals surface area contributed by atoms with Crippen molar-refractivity contribution < 1.29 is 19.2 Å². The highest BCUT2D eigenvalue weighted by atomic mass is 16.2. The summed E-state index contributed by atoms with van der Waals surface area (Å²) in [7, 11) is 0. The molecule has 0 radical (unpaired) electrons. The standard InChI is InChI=1S/C28H49N5O4/c1-8-9-14-30-21(34)12-13-28(6,7)19-16-18-17(2)22(33-23(18)19)25(36)32-20(24(35)27(3,4)5)11-10-15-31-26(29)37/h17,19-20,22,33H,8-16H2,1-7H3,(H,30,34)(H,32,36)(H3,29,31,37)/t17?,19-,20+,22?/m1/s1. The van der Waals surface area contributed by atoms with Gasteiger partial charge in [-0.05, 0) is 43.1 Å². The van der Waals surface area contributed by atoms with Crippen molar-refractivity contribution in [2.45, 2.75) is 105 Å². The lowest BCUT2D eigenvalue weighted by Gasteiger charge is -2.42. The van der Waals surface area contributed by atoms with E-state index in [1.165, 1.54) is 5.57 Å². The number of primary amides is 1. The van der Waals surface area contributed by atoms with Gasteiger partial charge in [-0.2, -0.15) is 0 Å². The topological polar surface area (TPSA) is 142 Å². The number of hydrogen-bond donors (Lipinski definition) is 5. The van der Waals surface area contributed by atoms with Crippen molar-refractivity contribution in [2.75, 3.05) is 13.1 Å². The molecule has 9 heteroatoms. The number of hydrogen-bond acceptors (Lipinski definition) is 5. The highest BCUT2D eigenvalue weighted by Crippen LogP contribution is 2.52. The Hall–Kier alpha value is -2.58. The number of unbranched alkanes of at least 4 members (excludes halogenated alkanes) is 1. The van der Waals surface area contributed by atoms with Crippen LogP contribution in [0.1, 0.15) is 93.4 Å². The molecule has 0 aromatic carbocycles. The summed E-state index contributed by atoms with van der Waals surface area (Å²) in [5, 5.41) is 12.0. The van der Waals surface area contributed by atoms with Gasteiger partial charge in [-0.3, -0.25) is 14.4 Å². The van der Waals surface area contributed by atoms with Crippen molar-refractivity contribution in [1.29, 1.82) is 0 Å². The Morgan fingerprint density at radius 3 is 2.30 bits per heavy atom. The van der Waals surface area contributed by atoms with E-state index in [0.717, 1.165) is 37.9 Å². The van der Waals surface area contributed by atoms with Gasteiger partial charge < -0.3 is 27.0 Å². The predicted molar refractivity (Wildman–Crippen MR) is 145 cm³/mol. The minimum atomic E-state index is -0.636. The monoisotopic (exact) mass is 519 g/mol. The van der Waals surface area contributed by atoms with Crippen LogP contribution in [-0.2, 0) is 14.4 Å². The van der Waals surface area contributed by atoms with Crippen LogP contribution in [0.4, 0.5) is 4.79 Å². The first kappa shape index (κ1) is 30.6. The van der Waals surface area contributed by atoms with E-state index in [0.29, 0.717) is 25.8 Å². The maximum atomic E-state index is 13.4. The molecule has 0 aromatic heterocycles. The molecule has 2 rings (SSSR count). The van der Waals surface area contributed by atoms with E-state index in [1.807, 2.05) is 20.8 Å². The lowest BCUT2D eigenvalue weighted by Crippen LogP contribution is -2.52. The molecular formula is C28H49N5O4. The second-order valence-corrected chi connectivity index (χ2v) is 12.4. The largest absolute Gasteiger partial charge is 0.376 e. The highest BCUT2D eigenvalue weighted by molar-refractivity contribution is 5.94. The van der Waals surface area contributed by atoms with E-state index in [2.05, 4.69) is 49.0 Å². The van der Waals surface area contributed by atoms with Crippen molar-refractivity contribution in [3.8, 4) is 0 Å². The molecule has 0 saturated heterocycles. The van der Waals surface area contributed by atoms with Crippen LogP contribution in [0.2, 0.25) is 0 Å². The van der Waals surface area contributed by atoms with Crippen molar-refractivity contribution in [3.63, 3.8) is 0 Å². The van der Waals surface area contributed by atoms with Crippen LogP contribution in [0.3, 0.4) is 0 Å². The van der Waals surface area contributed by atoms with E-state index < -0.39 is 23.5 Å². The summed E-state index contributed by atoms with van der Waals surface area (Å²) in [5.41, 5.74) is 6.86. The van der Waals surface area contributed by atoms with Gasteiger partial charge in [-0.25, -0.2) is 4.79 Å². The first-order valence-electron chi connectivity index (χ1n) is 13.8. The molecule has 2 unspecified atom stereocenters. The fourth-order valence-electron chi connectivity index (χ4n) is 5.28. The maximum Gasteiger partial charge on any atom is 0.312 e. The Bertz CT molecular complexity index is 889. The Morgan fingerprint density at radius 1 is 1.05 bits per heavy atom. The smallest absolute Gasteiger partial charge is 0.312 e. The molecule has 4 atom stereocenters. The van der Waals surface area contributed by atoms with Crippen LogP contribution in [0.5, 0.6) is 0 Å². The molecule has 1 aliphatic heterocycles. The molecule has 0 bridgehead atoms. The number of carbonyl (C=O) groups excluding carboxylic acids is 4. The van der Waals surface area contributed by atoms with E-state index in [4.69, 9.17) is 5.73 Å². The van der Waals surface area contributed by atoms with Gasteiger partial charge in [-0.1, -0.05) is 54.9 Å². The third-order valence-electron chi connectivity index (χ3n) is 7.89. The molecule has 4 amide bonds. The third kappa shape index (κ3) is 8.20. The van der Waals surface area contributed by atoms with Gasteiger partial charge in [0.25, 0.3) is 0 Å². The predicted octanol–water partition coefficient (Wildman–Crippen LogP) is 3.14. The summed E-state index contributed by atoms with van der Waals surface area (Å²) in [6.07, 6.45) is 5.19. The maximum absolute atomic E-state index is 13.4. The Balaban J connectivity index is 1.97. The lowest BCUT2D eigenvalue weighted by atomic mass is 9.63. The molecule has 1 heterocycles. The third-order valence-corrected chi connectivity index (χ3v) is 7.89. The van der Waals surface area contributed by atoms with Crippen LogP contribution in [0.15, 0.2) is 11.3 Å². The molecule has 1 aliphatic carbocycles. The van der Waals surface area contributed by atoms with Gasteiger partial charge in [-0.15, -0.1) is 0 Å². The normalized spacial score (nSPS) is 21.9. The summed E-state index contributed by atoms with van der Waals surface area (Å²) in [6.45, 7) is 15.1. The minimum Gasteiger partial charge on any atom is -0.376 e. The van der Waals surface area contributed by atoms with Crippen LogP contribution in [0, 0.1) is 22.7 Å². The van der Waals surface area contributed by atoms with Gasteiger partial charge in [0, 0.05) is 42.5 Å². The van der Waals surface area contributed by atoms with Gasteiger partial charge in [0.1, 0.15) is 6.04 Å². The van der Waals surface area contributed by atoms with Crippen LogP contribution in [-0.4, -0.2) is 48.8 Å². The molecule has 9 nitrogen and oxygen atoms in total. The molecule has 0 aromatic rings. The zero-order valence-electron chi connectivity index (χ0n) is 23.9. The SMILES string of the molecule is CCCCNC(=O)CCC(C)(C)[C@@H]1CC2=C1NC(C(=O)N[C@@H](CCCNC(N)=O)C(=O)C(C)(C)C)C2C. The molecule has 0 spiro atoms. The summed E-state index contributed by atoms with van der Waals surface area (Å²) < 4.78 is 0. The number of rotatable bonds is 14. The molecule has 6 N–H and O–H groups in total. The zero-order valence-corrected chi connectivity index (χ0v) is 23.9. The molecule has 37 heavy (non-hydrogen) atoms. The van der Waals surface area contributed by atoms with E-state index >= 15 is 0 Å². The number of amides is 4. The first-order valence-corrected chi connectivity index (χ1v) is 13.8. The molecule has 2 aliphatic rings. The first-order chi connectivity index (χ1) is 17.2. The molecule has 0 fully saturated rings. The van der Waals surface area contributed by atoms with Gasteiger partial charge >= 0.3 is 6.03 Å². The molecular weight excluding hydrogens is 470 g/mol. The van der Waals surface area contributed by atoms with Gasteiger partial charge in [0.05, 0.1) is 6.04 Å². The number of Topliss-reactive ketones (excluding diaryl/α,β-unsaturated/α-hetero) is 1. The van der Waals surface area contributed by atoms with E-state index in [-0.39, 0.29) is 34.8 Å². The number of carbonyl (C=O) groups is 4. The van der Waals surface area contributed by atoms with Crippen LogP contribution < -0.4 is 27.0 Å². The van der Waals surface area contributed by atoms with Crippen molar-refractivity contribution in [3.05, 3.63) is 11.3 Å². The summed E-state index contributed by atoms with van der Waals surface area (Å²) >= 11 is 0. The van der Waals surface area contributed by atoms with Crippen LogP contribution >= 0.6 is 0 Å². The average molecular weight is 520 g/mol. The van der Waals surface area contributed by atoms with Crippen molar-refractivity contribution in [1.82, 2.24) is 21.3 Å². The van der Waals surface area contributed by atoms with Gasteiger partial charge in [0.2, 0.25) is 11.8 Å². The van der Waals surface area contributed by atoms with Gasteiger partial charge in [0.15, 0.2) is 5.78 Å². The summed E-state index contributed by atoms with van der Waals surface area (Å²) in [4.78, 5) is 49.6. The zero-order chi connectivity index (χ0) is 28.0. The number of nitrogens with one attached hydrogen (secondary N) is 4. The van der Waals surface area contributed by atoms with Crippen molar-refractivity contribution in [2.24, 2.45) is 28.4 Å². The average Bonchev–Trinajstić information content (AvgIpc) is 3.02. The van der Waals surface area contributed by atoms with Crippen molar-refractivity contribution >= 4 is 23.6 Å². The molecule has 0 saturated carbocycles. The summed E-state index contributed by atoms with van der Waals surface area (Å²) in [6, 6.07) is -1.67. The highest BCUT2D eigenvalue weighted by Gasteiger charge is 2.49. The van der Waals surface area contributed by atoms with E-state index in [1.54, 1.807) is 0 Å². The Morgan fingerprint density at radius 2 is 1.70 bits per heavy atom. The van der Waals surface area contributed by atoms with Crippen LogP contribution in [0.25, 0.3) is 0 Å². The fraction of sp³-hybridized carbons (Fsp3) is 0.786. The molecule has 210 valence electrons. The minimum absolute atomic E-state index is 0.0370. The number of allylic oxidation sites excluding steroid dienone is 1. The van der Waals surface area contributed by atoms with E-state index in [9.17, 15) is 19.2 Å².